The molecule has 5 heteroatoms. The van der Waals surface area contributed by atoms with Crippen LogP contribution >= 0.6 is 0 Å². The molecular weight excluding hydrogens is 290 g/mol. The zero-order valence-electron chi connectivity index (χ0n) is 14.3. The molecule has 0 spiro atoms. The van der Waals surface area contributed by atoms with E-state index in [1.807, 2.05) is 23.6 Å². The van der Waals surface area contributed by atoms with Crippen molar-refractivity contribution in [2.45, 2.75) is 33.2 Å². The third-order valence-corrected chi connectivity index (χ3v) is 4.30. The Morgan fingerprint density at radius 2 is 1.87 bits per heavy atom. The molecule has 0 radical (unpaired) electrons. The van der Waals surface area contributed by atoms with Crippen LogP contribution in [0.2, 0.25) is 0 Å². The van der Waals surface area contributed by atoms with E-state index in [0.717, 1.165) is 32.6 Å². The number of amides is 2. The number of piperazine rings is 1. The van der Waals surface area contributed by atoms with Gasteiger partial charge in [0.15, 0.2) is 0 Å². The minimum Gasteiger partial charge on any atom is -0.339 e. The van der Waals surface area contributed by atoms with Gasteiger partial charge in [0.05, 0.1) is 0 Å². The second kappa shape index (κ2) is 8.11. The molecule has 1 saturated heterocycles. The van der Waals surface area contributed by atoms with Crippen LogP contribution in [0.4, 0.5) is 0 Å². The molecule has 126 valence electrons. The maximum absolute atomic E-state index is 12.6. The Kier molecular flexibility index (Phi) is 6.16. The largest absolute Gasteiger partial charge is 0.339 e. The van der Waals surface area contributed by atoms with Crippen LogP contribution in [0.25, 0.3) is 0 Å². The van der Waals surface area contributed by atoms with Gasteiger partial charge in [-0.05, 0) is 44.5 Å². The van der Waals surface area contributed by atoms with Crippen molar-refractivity contribution in [3.8, 4) is 0 Å². The monoisotopic (exact) mass is 317 g/mol. The first-order valence-corrected chi connectivity index (χ1v) is 8.49. The predicted molar refractivity (Wildman–Crippen MR) is 91.7 cm³/mol. The fourth-order valence-electron chi connectivity index (χ4n) is 2.92. The third-order valence-electron chi connectivity index (χ3n) is 4.30. The molecule has 23 heavy (non-hydrogen) atoms. The van der Waals surface area contributed by atoms with Crippen LogP contribution in [-0.2, 0) is 0 Å². The Morgan fingerprint density at radius 1 is 1.22 bits per heavy atom. The van der Waals surface area contributed by atoms with E-state index in [1.165, 1.54) is 0 Å². The van der Waals surface area contributed by atoms with Crippen LogP contribution < -0.4 is 5.32 Å². The predicted octanol–water partition coefficient (Wildman–Crippen LogP) is 1.99. The molecular formula is C18H27N3O2. The summed E-state index contributed by atoms with van der Waals surface area (Å²) in [4.78, 5) is 28.7. The first-order chi connectivity index (χ1) is 11.1. The second-order valence-corrected chi connectivity index (χ2v) is 6.01. The van der Waals surface area contributed by atoms with Crippen LogP contribution in [0.5, 0.6) is 0 Å². The van der Waals surface area contributed by atoms with Gasteiger partial charge in [-0.2, -0.15) is 0 Å². The highest BCUT2D eigenvalue weighted by atomic mass is 16.2. The van der Waals surface area contributed by atoms with Crippen molar-refractivity contribution in [1.82, 2.24) is 15.1 Å². The molecule has 1 aliphatic heterocycles. The molecule has 1 heterocycles. The molecule has 1 aromatic rings. The minimum absolute atomic E-state index is 0.0314. The third kappa shape index (κ3) is 4.10. The number of carbonyl (C=O) groups excluding carboxylic acids is 2. The Bertz CT molecular complexity index is 542. The maximum Gasteiger partial charge on any atom is 0.254 e. The molecule has 1 N–H and O–H groups in total. The van der Waals surface area contributed by atoms with E-state index >= 15 is 0 Å². The lowest BCUT2D eigenvalue weighted by atomic mass is 10.1. The average Bonchev–Trinajstić information content (AvgIpc) is 2.59. The lowest BCUT2D eigenvalue weighted by Crippen LogP contribution is -2.52. The van der Waals surface area contributed by atoms with Gasteiger partial charge >= 0.3 is 0 Å². The summed E-state index contributed by atoms with van der Waals surface area (Å²) in [6.07, 6.45) is 0.942. The summed E-state index contributed by atoms with van der Waals surface area (Å²) in [6, 6.07) is 7.26. The van der Waals surface area contributed by atoms with E-state index in [0.29, 0.717) is 17.7 Å². The fraction of sp³-hybridized carbons (Fsp3) is 0.556. The van der Waals surface area contributed by atoms with Crippen molar-refractivity contribution >= 4 is 11.8 Å². The highest BCUT2D eigenvalue weighted by molar-refractivity contribution is 5.98. The minimum atomic E-state index is 0.0314. The van der Waals surface area contributed by atoms with Gasteiger partial charge in [0, 0.05) is 49.9 Å². The lowest BCUT2D eigenvalue weighted by Gasteiger charge is -2.34. The van der Waals surface area contributed by atoms with Gasteiger partial charge in [-0.3, -0.25) is 9.59 Å². The average molecular weight is 317 g/mol. The van der Waals surface area contributed by atoms with E-state index in [-0.39, 0.29) is 17.9 Å². The summed E-state index contributed by atoms with van der Waals surface area (Å²) in [6.45, 7) is 9.93. The zero-order chi connectivity index (χ0) is 16.8. The van der Waals surface area contributed by atoms with Gasteiger partial charge in [-0.25, -0.2) is 0 Å². The number of hydrogen-bond donors (Lipinski definition) is 1. The number of benzene rings is 1. The molecule has 0 saturated carbocycles. The van der Waals surface area contributed by atoms with Crippen LogP contribution in [-0.4, -0.2) is 60.4 Å². The van der Waals surface area contributed by atoms with Gasteiger partial charge in [0.1, 0.15) is 0 Å². The van der Waals surface area contributed by atoms with E-state index < -0.39 is 0 Å². The molecule has 0 aliphatic carbocycles. The van der Waals surface area contributed by atoms with Crippen molar-refractivity contribution in [3.63, 3.8) is 0 Å². The van der Waals surface area contributed by atoms with Crippen molar-refractivity contribution in [2.24, 2.45) is 0 Å². The summed E-state index contributed by atoms with van der Waals surface area (Å²) in [7, 11) is 0. The van der Waals surface area contributed by atoms with Crippen LogP contribution in [0.3, 0.4) is 0 Å². The quantitative estimate of drug-likeness (QED) is 0.903. The first-order valence-electron chi connectivity index (χ1n) is 8.49. The smallest absolute Gasteiger partial charge is 0.254 e. The highest BCUT2D eigenvalue weighted by Gasteiger charge is 2.24. The molecule has 1 atom stereocenters. The topological polar surface area (TPSA) is 52.7 Å². The van der Waals surface area contributed by atoms with Crippen LogP contribution in [0.1, 0.15) is 47.9 Å². The van der Waals surface area contributed by atoms with Gasteiger partial charge in [-0.15, -0.1) is 0 Å². The van der Waals surface area contributed by atoms with Gasteiger partial charge in [0.2, 0.25) is 0 Å². The van der Waals surface area contributed by atoms with Gasteiger partial charge in [0.25, 0.3) is 11.8 Å². The summed E-state index contributed by atoms with van der Waals surface area (Å²) in [5.41, 5.74) is 1.29. The highest BCUT2D eigenvalue weighted by Crippen LogP contribution is 2.13. The fourth-order valence-corrected chi connectivity index (χ4v) is 2.92. The molecule has 0 aromatic heterocycles. The molecule has 0 bridgehead atoms. The van der Waals surface area contributed by atoms with Crippen LogP contribution in [0.15, 0.2) is 24.3 Å². The summed E-state index contributed by atoms with van der Waals surface area (Å²) < 4.78 is 0. The Morgan fingerprint density at radius 3 is 2.43 bits per heavy atom. The van der Waals surface area contributed by atoms with Crippen molar-refractivity contribution in [2.75, 3.05) is 32.7 Å². The Hall–Kier alpha value is -1.88. The molecule has 0 unspecified atom stereocenters. The molecule has 2 rings (SSSR count). The maximum atomic E-state index is 12.6. The molecule has 1 fully saturated rings. The number of nitrogens with zero attached hydrogens (tertiary/aromatic N) is 2. The normalized spacial score (nSPS) is 17.9. The summed E-state index contributed by atoms with van der Waals surface area (Å²) in [5, 5.41) is 3.28. The van der Waals surface area contributed by atoms with E-state index in [2.05, 4.69) is 12.2 Å². The molecule has 5 nitrogen and oxygen atoms in total. The van der Waals surface area contributed by atoms with Gasteiger partial charge < -0.3 is 15.1 Å². The standard InChI is InChI=1S/C18H27N3O2/c1-4-11-20(5-2)17(22)15-6-8-16(9-7-15)18(23)21-12-10-19-13-14(21)3/h6-9,14,19H,4-5,10-13H2,1-3H3/t14-/m1/s1. The summed E-state index contributed by atoms with van der Waals surface area (Å²) in [5.74, 6) is 0.0720. The number of rotatable bonds is 5. The Balaban J connectivity index is 2.09. The zero-order valence-corrected chi connectivity index (χ0v) is 14.3. The van der Waals surface area contributed by atoms with E-state index in [1.54, 1.807) is 24.3 Å². The summed E-state index contributed by atoms with van der Waals surface area (Å²) >= 11 is 0. The lowest BCUT2D eigenvalue weighted by molar-refractivity contribution is 0.0654. The molecule has 1 aromatic carbocycles. The Labute approximate surface area is 138 Å². The SMILES string of the molecule is CCCN(CC)C(=O)c1ccc(C(=O)N2CCNC[C@H]2C)cc1. The van der Waals surface area contributed by atoms with E-state index in [9.17, 15) is 9.59 Å². The molecule has 2 amide bonds. The van der Waals surface area contributed by atoms with Gasteiger partial charge in [-0.1, -0.05) is 6.92 Å². The van der Waals surface area contributed by atoms with Crippen molar-refractivity contribution in [3.05, 3.63) is 35.4 Å². The number of carbonyl (C=O) groups is 2. The second-order valence-electron chi connectivity index (χ2n) is 6.01. The van der Waals surface area contributed by atoms with E-state index in [4.69, 9.17) is 0 Å². The first kappa shape index (κ1) is 17.5. The molecule has 1 aliphatic rings. The van der Waals surface area contributed by atoms with Crippen LogP contribution in [0, 0.1) is 0 Å². The number of nitrogens with one attached hydrogen (secondary N) is 1. The van der Waals surface area contributed by atoms with Crippen molar-refractivity contribution < 1.29 is 9.59 Å². The van der Waals surface area contributed by atoms with Crippen molar-refractivity contribution in [1.29, 1.82) is 0 Å². The number of hydrogen-bond acceptors (Lipinski definition) is 3.